The Hall–Kier alpha value is -1.11. The van der Waals surface area contributed by atoms with E-state index in [1.54, 1.807) is 0 Å². The fourth-order valence-corrected chi connectivity index (χ4v) is 4.41. The first-order valence-electron chi connectivity index (χ1n) is 10.2. The van der Waals surface area contributed by atoms with Gasteiger partial charge in [0, 0.05) is 43.4 Å². The number of guanidine groups is 1. The van der Waals surface area contributed by atoms with Gasteiger partial charge in [0.15, 0.2) is 5.96 Å². The SMILES string of the molecule is CCNC(=NCC1(N2CCCC2)CCOCC1)N(C)Cc1ccc(Br)cc1. The molecule has 0 unspecified atom stereocenters. The van der Waals surface area contributed by atoms with E-state index in [4.69, 9.17) is 9.73 Å². The third-order valence-corrected chi connectivity index (χ3v) is 6.28. The molecule has 6 heteroatoms. The molecule has 150 valence electrons. The molecule has 0 spiro atoms. The number of nitrogens with zero attached hydrogens (tertiary/aromatic N) is 3. The fraction of sp³-hybridized carbons (Fsp3) is 0.667. The van der Waals surface area contributed by atoms with Crippen molar-refractivity contribution in [3.8, 4) is 0 Å². The van der Waals surface area contributed by atoms with Crippen LogP contribution >= 0.6 is 15.9 Å². The van der Waals surface area contributed by atoms with Gasteiger partial charge in [0.05, 0.1) is 6.54 Å². The Morgan fingerprint density at radius 3 is 2.52 bits per heavy atom. The van der Waals surface area contributed by atoms with Crippen LogP contribution in [0.2, 0.25) is 0 Å². The summed E-state index contributed by atoms with van der Waals surface area (Å²) >= 11 is 3.51. The van der Waals surface area contributed by atoms with Gasteiger partial charge >= 0.3 is 0 Å². The quantitative estimate of drug-likeness (QED) is 0.547. The van der Waals surface area contributed by atoms with E-state index in [0.29, 0.717) is 0 Å². The predicted molar refractivity (Wildman–Crippen MR) is 115 cm³/mol. The summed E-state index contributed by atoms with van der Waals surface area (Å²) in [4.78, 5) is 10.00. The Balaban J connectivity index is 1.71. The number of rotatable bonds is 6. The standard InChI is InChI=1S/C21H33BrN4O/c1-3-23-20(25(2)16-18-6-8-19(22)9-7-18)24-17-21(10-14-27-15-11-21)26-12-4-5-13-26/h6-9H,3-5,10-17H2,1-2H3,(H,23,24). The zero-order valence-electron chi connectivity index (χ0n) is 16.7. The fourth-order valence-electron chi connectivity index (χ4n) is 4.15. The Bertz CT molecular complexity index is 607. The van der Waals surface area contributed by atoms with Gasteiger partial charge < -0.3 is 15.0 Å². The van der Waals surface area contributed by atoms with Crippen molar-refractivity contribution >= 4 is 21.9 Å². The van der Waals surface area contributed by atoms with E-state index in [0.717, 1.165) is 56.1 Å². The van der Waals surface area contributed by atoms with Crippen LogP contribution in [0, 0.1) is 0 Å². The summed E-state index contributed by atoms with van der Waals surface area (Å²) in [6, 6.07) is 8.51. The predicted octanol–water partition coefficient (Wildman–Crippen LogP) is 3.49. The summed E-state index contributed by atoms with van der Waals surface area (Å²) in [5.74, 6) is 0.991. The molecule has 2 saturated heterocycles. The van der Waals surface area contributed by atoms with E-state index in [2.05, 4.69) is 69.3 Å². The molecule has 1 N–H and O–H groups in total. The molecular weight excluding hydrogens is 404 g/mol. The summed E-state index contributed by atoms with van der Waals surface area (Å²) in [6.45, 7) is 8.84. The Morgan fingerprint density at radius 1 is 1.22 bits per heavy atom. The van der Waals surface area contributed by atoms with Gasteiger partial charge in [0.25, 0.3) is 0 Å². The van der Waals surface area contributed by atoms with Gasteiger partial charge in [-0.25, -0.2) is 0 Å². The van der Waals surface area contributed by atoms with Gasteiger partial charge in [-0.2, -0.15) is 0 Å². The van der Waals surface area contributed by atoms with Gasteiger partial charge in [0.1, 0.15) is 0 Å². The van der Waals surface area contributed by atoms with Crippen LogP contribution in [0.25, 0.3) is 0 Å². The van der Waals surface area contributed by atoms with Gasteiger partial charge in [0.2, 0.25) is 0 Å². The molecule has 1 aromatic carbocycles. The number of likely N-dealkylation sites (tertiary alicyclic amines) is 1. The maximum absolute atomic E-state index is 5.67. The van der Waals surface area contributed by atoms with Crippen LogP contribution in [-0.2, 0) is 11.3 Å². The van der Waals surface area contributed by atoms with Crippen molar-refractivity contribution in [1.29, 1.82) is 0 Å². The first kappa shape index (κ1) is 20.6. The zero-order chi connectivity index (χ0) is 19.1. The molecule has 0 aliphatic carbocycles. The summed E-state index contributed by atoms with van der Waals surface area (Å²) < 4.78 is 6.78. The molecule has 5 nitrogen and oxygen atoms in total. The monoisotopic (exact) mass is 436 g/mol. The minimum atomic E-state index is 0.174. The lowest BCUT2D eigenvalue weighted by Gasteiger charge is -2.43. The van der Waals surface area contributed by atoms with E-state index >= 15 is 0 Å². The highest BCUT2D eigenvalue weighted by molar-refractivity contribution is 9.10. The van der Waals surface area contributed by atoms with Crippen molar-refractivity contribution < 1.29 is 4.74 Å². The van der Waals surface area contributed by atoms with Crippen molar-refractivity contribution in [2.75, 3.05) is 46.4 Å². The van der Waals surface area contributed by atoms with Crippen molar-refractivity contribution in [2.24, 2.45) is 4.99 Å². The molecule has 2 heterocycles. The Morgan fingerprint density at radius 2 is 1.89 bits per heavy atom. The number of ether oxygens (including phenoxy) is 1. The summed E-state index contributed by atoms with van der Waals surface area (Å²) in [5, 5.41) is 3.48. The highest BCUT2D eigenvalue weighted by Crippen LogP contribution is 2.31. The number of aliphatic imine (C=N–C) groups is 1. The van der Waals surface area contributed by atoms with E-state index < -0.39 is 0 Å². The van der Waals surface area contributed by atoms with Crippen molar-refractivity contribution in [3.05, 3.63) is 34.3 Å². The third-order valence-electron chi connectivity index (χ3n) is 5.75. The van der Waals surface area contributed by atoms with E-state index in [1.807, 2.05) is 0 Å². The second-order valence-electron chi connectivity index (χ2n) is 7.68. The van der Waals surface area contributed by atoms with Crippen molar-refractivity contribution in [3.63, 3.8) is 0 Å². The van der Waals surface area contributed by atoms with E-state index in [-0.39, 0.29) is 5.54 Å². The molecule has 0 amide bonds. The lowest BCUT2D eigenvalue weighted by molar-refractivity contribution is -0.0139. The molecule has 0 saturated carbocycles. The molecule has 0 aromatic heterocycles. The minimum Gasteiger partial charge on any atom is -0.381 e. The molecule has 0 bridgehead atoms. The van der Waals surface area contributed by atoms with Crippen LogP contribution in [0.3, 0.4) is 0 Å². The second-order valence-corrected chi connectivity index (χ2v) is 8.60. The zero-order valence-corrected chi connectivity index (χ0v) is 18.3. The van der Waals surface area contributed by atoms with E-state index in [9.17, 15) is 0 Å². The molecular formula is C21H33BrN4O. The maximum Gasteiger partial charge on any atom is 0.194 e. The van der Waals surface area contributed by atoms with Crippen LogP contribution in [0.1, 0.15) is 38.2 Å². The molecule has 2 aliphatic rings. The average molecular weight is 437 g/mol. The number of hydrogen-bond donors (Lipinski definition) is 1. The Labute approximate surface area is 172 Å². The number of halogens is 1. The highest BCUT2D eigenvalue weighted by atomic mass is 79.9. The van der Waals surface area contributed by atoms with Gasteiger partial charge in [-0.1, -0.05) is 28.1 Å². The molecule has 1 aromatic rings. The van der Waals surface area contributed by atoms with Crippen molar-refractivity contribution in [2.45, 2.75) is 44.7 Å². The number of hydrogen-bond acceptors (Lipinski definition) is 3. The van der Waals surface area contributed by atoms with Crippen LogP contribution in [-0.4, -0.2) is 67.7 Å². The van der Waals surface area contributed by atoms with Gasteiger partial charge in [-0.05, 0) is 63.4 Å². The van der Waals surface area contributed by atoms with Crippen LogP contribution in [0.4, 0.5) is 0 Å². The Kier molecular flexibility index (Phi) is 7.56. The minimum absolute atomic E-state index is 0.174. The smallest absolute Gasteiger partial charge is 0.194 e. The normalized spacial score (nSPS) is 20.6. The average Bonchev–Trinajstić information content (AvgIpc) is 3.23. The lowest BCUT2D eigenvalue weighted by atomic mass is 9.88. The van der Waals surface area contributed by atoms with Gasteiger partial charge in [-0.15, -0.1) is 0 Å². The maximum atomic E-state index is 5.67. The van der Waals surface area contributed by atoms with Gasteiger partial charge in [-0.3, -0.25) is 9.89 Å². The number of benzene rings is 1. The topological polar surface area (TPSA) is 40.1 Å². The van der Waals surface area contributed by atoms with Crippen molar-refractivity contribution in [1.82, 2.24) is 15.1 Å². The first-order valence-corrected chi connectivity index (χ1v) is 11.0. The summed E-state index contributed by atoms with van der Waals surface area (Å²) in [6.07, 6.45) is 4.81. The van der Waals surface area contributed by atoms with Crippen LogP contribution < -0.4 is 5.32 Å². The first-order chi connectivity index (χ1) is 13.1. The molecule has 3 rings (SSSR count). The highest BCUT2D eigenvalue weighted by Gasteiger charge is 2.39. The summed E-state index contributed by atoms with van der Waals surface area (Å²) in [5.41, 5.74) is 1.46. The molecule has 2 aliphatic heterocycles. The second kappa shape index (κ2) is 9.89. The van der Waals surface area contributed by atoms with E-state index in [1.165, 1.54) is 31.5 Å². The molecule has 27 heavy (non-hydrogen) atoms. The third kappa shape index (κ3) is 5.46. The summed E-state index contributed by atoms with van der Waals surface area (Å²) in [7, 11) is 2.12. The molecule has 0 atom stereocenters. The van der Waals surface area contributed by atoms with Crippen LogP contribution in [0.5, 0.6) is 0 Å². The molecule has 2 fully saturated rings. The lowest BCUT2D eigenvalue weighted by Crippen LogP contribution is -2.54. The largest absolute Gasteiger partial charge is 0.381 e. The number of nitrogens with one attached hydrogen (secondary N) is 1. The van der Waals surface area contributed by atoms with Crippen LogP contribution in [0.15, 0.2) is 33.7 Å². The molecule has 0 radical (unpaired) electrons.